The third kappa shape index (κ3) is 3.57. The Morgan fingerprint density at radius 1 is 1.06 bits per heavy atom. The van der Waals surface area contributed by atoms with E-state index < -0.39 is 27.3 Å². The van der Waals surface area contributed by atoms with E-state index in [1.165, 1.54) is 19.2 Å². The molecule has 0 radical (unpaired) electrons. The van der Waals surface area contributed by atoms with E-state index in [1.54, 1.807) is 18.2 Å². The number of nitrogens with zero attached hydrogens (tertiary/aromatic N) is 4. The quantitative estimate of drug-likeness (QED) is 0.431. The Labute approximate surface area is 189 Å². The van der Waals surface area contributed by atoms with Gasteiger partial charge >= 0.3 is 11.9 Å². The van der Waals surface area contributed by atoms with Crippen molar-refractivity contribution in [3.8, 4) is 28.4 Å². The Kier molecular flexibility index (Phi) is 4.90. The second-order valence-electron chi connectivity index (χ2n) is 7.36. The predicted molar refractivity (Wildman–Crippen MR) is 113 cm³/mol. The summed E-state index contributed by atoms with van der Waals surface area (Å²) in [5, 5.41) is 4.00. The molecule has 176 valence electrons. The molecule has 0 aliphatic carbocycles. The van der Waals surface area contributed by atoms with Crippen LogP contribution in [0.3, 0.4) is 0 Å². The molecule has 1 aromatic carbocycles. The van der Waals surface area contributed by atoms with Gasteiger partial charge < -0.3 is 9.47 Å². The van der Waals surface area contributed by atoms with Gasteiger partial charge in [-0.15, -0.1) is 5.10 Å². The van der Waals surface area contributed by atoms with E-state index in [2.05, 4.69) is 10.1 Å². The lowest BCUT2D eigenvalue weighted by Gasteiger charge is -2.10. The average molecular weight is 492 g/mol. The van der Waals surface area contributed by atoms with Gasteiger partial charge in [0.1, 0.15) is 4.90 Å². The second kappa shape index (κ2) is 7.58. The fourth-order valence-electron chi connectivity index (χ4n) is 3.50. The molecule has 0 atom stereocenters. The Morgan fingerprint density at radius 2 is 1.82 bits per heavy atom. The van der Waals surface area contributed by atoms with Gasteiger partial charge in [-0.25, -0.2) is 22.6 Å². The molecule has 1 aliphatic heterocycles. The molecule has 0 fully saturated rings. The Balaban J connectivity index is 1.70. The Hall–Kier alpha value is -3.87. The number of aromatic nitrogens is 4. The molecule has 0 saturated heterocycles. The third-order valence-electron chi connectivity index (χ3n) is 5.30. The first-order chi connectivity index (χ1) is 16.1. The Bertz CT molecular complexity index is 1610. The number of hydrogen-bond acceptors (Lipinski definition) is 7. The van der Waals surface area contributed by atoms with Gasteiger partial charge in [0, 0.05) is 18.0 Å². The van der Waals surface area contributed by atoms with Crippen molar-refractivity contribution >= 4 is 15.5 Å². The smallest absolute Gasteiger partial charge is 0.417 e. The lowest BCUT2D eigenvalue weighted by Crippen LogP contribution is -2.23. The van der Waals surface area contributed by atoms with Crippen molar-refractivity contribution in [3.63, 3.8) is 0 Å². The van der Waals surface area contributed by atoms with Gasteiger partial charge in [-0.3, -0.25) is 0 Å². The van der Waals surface area contributed by atoms with Crippen LogP contribution in [0, 0.1) is 0 Å². The minimum atomic E-state index is -4.67. The van der Waals surface area contributed by atoms with Crippen molar-refractivity contribution in [2.45, 2.75) is 18.0 Å². The average Bonchev–Trinajstić information content (AvgIpc) is 3.41. The molecule has 0 amide bonds. The molecule has 0 spiro atoms. The van der Waals surface area contributed by atoms with Crippen LogP contribution in [-0.2, 0) is 16.0 Å². The fraction of sp³-hybridized carbons (Fsp3) is 0.190. The van der Waals surface area contributed by atoms with Gasteiger partial charge in [-0.2, -0.15) is 17.9 Å². The monoisotopic (exact) mass is 492 g/mol. The van der Waals surface area contributed by atoms with E-state index in [0.29, 0.717) is 37.9 Å². The van der Waals surface area contributed by atoms with E-state index in [9.17, 15) is 26.4 Å². The number of ether oxygens (including phenoxy) is 2. The van der Waals surface area contributed by atoms with Crippen molar-refractivity contribution < 1.29 is 31.1 Å². The number of sulfone groups is 1. The largest absolute Gasteiger partial charge is 0.454 e. The van der Waals surface area contributed by atoms with Gasteiger partial charge in [-0.05, 0) is 35.9 Å². The van der Waals surface area contributed by atoms with Crippen LogP contribution >= 0.6 is 0 Å². The number of rotatable bonds is 4. The first kappa shape index (κ1) is 21.9. The van der Waals surface area contributed by atoms with Crippen molar-refractivity contribution in [2.75, 3.05) is 12.5 Å². The van der Waals surface area contributed by atoms with E-state index in [1.807, 2.05) is 0 Å². The van der Waals surface area contributed by atoms with Crippen LogP contribution in [0.4, 0.5) is 13.2 Å². The molecule has 5 rings (SSSR count). The molecule has 4 heterocycles. The lowest BCUT2D eigenvalue weighted by atomic mass is 10.1. The number of pyridine rings is 2. The van der Waals surface area contributed by atoms with Crippen molar-refractivity contribution in [1.29, 1.82) is 0 Å². The molecule has 9 nitrogen and oxygen atoms in total. The van der Waals surface area contributed by atoms with Crippen LogP contribution in [0.2, 0.25) is 0 Å². The standard InChI is InChI=1S/C21H15F3N4O5S/c1-2-34(30,31)17-8-13(12-3-5-15-16(7-12)33-11-32-15)9-25-19(17)28-20(29)27-10-14(21(22,23)24)4-6-18(27)26-28/h3-10H,2,11H2,1H3. The summed E-state index contributed by atoms with van der Waals surface area (Å²) in [6, 6.07) is 8.18. The number of hydrogen-bond donors (Lipinski definition) is 0. The molecular weight excluding hydrogens is 477 g/mol. The van der Waals surface area contributed by atoms with Crippen molar-refractivity contribution in [1.82, 2.24) is 19.2 Å². The van der Waals surface area contributed by atoms with E-state index in [0.717, 1.165) is 12.1 Å². The van der Waals surface area contributed by atoms with Gasteiger partial charge in [0.05, 0.1) is 11.3 Å². The van der Waals surface area contributed by atoms with Crippen LogP contribution in [-0.4, -0.2) is 40.1 Å². The summed E-state index contributed by atoms with van der Waals surface area (Å²) in [5.41, 5.74) is -1.12. The normalized spacial score (nSPS) is 13.5. The number of benzene rings is 1. The topological polar surface area (TPSA) is 105 Å². The highest BCUT2D eigenvalue weighted by atomic mass is 32.2. The molecule has 13 heteroatoms. The van der Waals surface area contributed by atoms with Crippen molar-refractivity contribution in [3.05, 3.63) is 64.8 Å². The van der Waals surface area contributed by atoms with Crippen molar-refractivity contribution in [2.24, 2.45) is 0 Å². The highest BCUT2D eigenvalue weighted by molar-refractivity contribution is 7.91. The van der Waals surface area contributed by atoms with Gasteiger partial charge in [-0.1, -0.05) is 13.0 Å². The zero-order valence-electron chi connectivity index (χ0n) is 17.4. The number of halogens is 3. The summed E-state index contributed by atoms with van der Waals surface area (Å²) >= 11 is 0. The predicted octanol–water partition coefficient (Wildman–Crippen LogP) is 3.09. The number of fused-ring (bicyclic) bond motifs is 2. The van der Waals surface area contributed by atoms with Gasteiger partial charge in [0.15, 0.2) is 32.8 Å². The minimum Gasteiger partial charge on any atom is -0.454 e. The molecule has 0 bridgehead atoms. The van der Waals surface area contributed by atoms with Crippen LogP contribution in [0.1, 0.15) is 12.5 Å². The molecule has 0 saturated carbocycles. The van der Waals surface area contributed by atoms with Gasteiger partial charge in [0.25, 0.3) is 0 Å². The fourth-order valence-corrected chi connectivity index (χ4v) is 4.53. The van der Waals surface area contributed by atoms with E-state index in [4.69, 9.17) is 9.47 Å². The van der Waals surface area contributed by atoms with Crippen LogP contribution in [0.15, 0.2) is 58.5 Å². The van der Waals surface area contributed by atoms with Crippen LogP contribution < -0.4 is 15.2 Å². The SMILES string of the molecule is CCS(=O)(=O)c1cc(-c2ccc3c(c2)OCO3)cnc1-n1nc2ccc(C(F)(F)F)cn2c1=O. The summed E-state index contributed by atoms with van der Waals surface area (Å²) < 4.78 is 77.0. The zero-order chi connectivity index (χ0) is 24.3. The lowest BCUT2D eigenvalue weighted by molar-refractivity contribution is -0.137. The summed E-state index contributed by atoms with van der Waals surface area (Å²) in [4.78, 5) is 16.8. The maximum Gasteiger partial charge on any atom is 0.417 e. The van der Waals surface area contributed by atoms with E-state index in [-0.39, 0.29) is 28.9 Å². The highest BCUT2D eigenvalue weighted by Crippen LogP contribution is 2.36. The Morgan fingerprint density at radius 3 is 2.56 bits per heavy atom. The highest BCUT2D eigenvalue weighted by Gasteiger charge is 2.32. The van der Waals surface area contributed by atoms with Crippen LogP contribution in [0.25, 0.3) is 22.6 Å². The summed E-state index contributed by atoms with van der Waals surface area (Å²) in [6.07, 6.45) is -2.72. The van der Waals surface area contributed by atoms with Crippen LogP contribution in [0.5, 0.6) is 11.5 Å². The molecule has 0 unspecified atom stereocenters. The molecule has 0 N–H and O–H groups in total. The maximum atomic E-state index is 13.1. The molecule has 34 heavy (non-hydrogen) atoms. The molecule has 4 aromatic rings. The molecule has 1 aliphatic rings. The van der Waals surface area contributed by atoms with E-state index >= 15 is 0 Å². The van der Waals surface area contributed by atoms with Gasteiger partial charge in [0.2, 0.25) is 6.79 Å². The third-order valence-corrected chi connectivity index (χ3v) is 7.03. The summed E-state index contributed by atoms with van der Waals surface area (Å²) in [6.45, 7) is 1.49. The summed E-state index contributed by atoms with van der Waals surface area (Å²) in [5.74, 6) is 0.420. The first-order valence-corrected chi connectivity index (χ1v) is 11.6. The second-order valence-corrected chi connectivity index (χ2v) is 9.60. The molecule has 3 aromatic heterocycles. The summed E-state index contributed by atoms with van der Waals surface area (Å²) in [7, 11) is -3.91. The first-order valence-electron chi connectivity index (χ1n) is 9.90. The molecular formula is C21H15F3N4O5S. The maximum absolute atomic E-state index is 13.1. The number of alkyl halides is 3. The zero-order valence-corrected chi connectivity index (χ0v) is 18.2. The minimum absolute atomic E-state index is 0.0678.